The van der Waals surface area contributed by atoms with E-state index in [1.165, 1.54) is 30.0 Å². The lowest BCUT2D eigenvalue weighted by molar-refractivity contribution is -0.115. The van der Waals surface area contributed by atoms with Crippen molar-refractivity contribution in [3.05, 3.63) is 39.5 Å². The molecule has 0 aliphatic heterocycles. The number of amides is 1. The van der Waals surface area contributed by atoms with Crippen LogP contribution in [0.3, 0.4) is 0 Å². The number of aromatic amines is 1. The van der Waals surface area contributed by atoms with Gasteiger partial charge in [-0.15, -0.1) is 5.10 Å². The van der Waals surface area contributed by atoms with Crippen LogP contribution in [0.4, 0.5) is 10.1 Å². The van der Waals surface area contributed by atoms with Gasteiger partial charge in [0.25, 0.3) is 0 Å². The maximum Gasteiger partial charge on any atom is 0.344 e. The average molecular weight is 357 g/mol. The van der Waals surface area contributed by atoms with Crippen molar-refractivity contribution in [3.8, 4) is 0 Å². The highest BCUT2D eigenvalue weighted by molar-refractivity contribution is 8.00. The summed E-state index contributed by atoms with van der Waals surface area (Å²) in [5.41, 5.74) is 0.156. The molecule has 0 bridgehead atoms. The molecule has 1 fully saturated rings. The molecule has 1 aliphatic rings. The van der Waals surface area contributed by atoms with Crippen LogP contribution >= 0.6 is 23.4 Å². The fraction of sp³-hybridized carbons (Fsp3) is 0.357. The zero-order valence-electron chi connectivity index (χ0n) is 12.2. The number of nitrogens with zero attached hydrogens (tertiary/aromatic N) is 2. The van der Waals surface area contributed by atoms with Gasteiger partial charge < -0.3 is 5.32 Å². The molecule has 0 radical (unpaired) electrons. The molecular formula is C14H14ClFN4O2S. The lowest BCUT2D eigenvalue weighted by Crippen LogP contribution is -2.23. The Morgan fingerprint density at radius 1 is 1.57 bits per heavy atom. The van der Waals surface area contributed by atoms with Gasteiger partial charge in [0, 0.05) is 11.7 Å². The van der Waals surface area contributed by atoms with Gasteiger partial charge in [-0.3, -0.25) is 9.36 Å². The molecule has 23 heavy (non-hydrogen) atoms. The monoisotopic (exact) mass is 356 g/mol. The van der Waals surface area contributed by atoms with Gasteiger partial charge in [-0.1, -0.05) is 23.4 Å². The normalized spacial score (nSPS) is 15.4. The van der Waals surface area contributed by atoms with Crippen LogP contribution in [-0.2, 0) is 4.79 Å². The highest BCUT2D eigenvalue weighted by Crippen LogP contribution is 2.36. The van der Waals surface area contributed by atoms with Gasteiger partial charge >= 0.3 is 5.69 Å². The third kappa shape index (κ3) is 3.59. The van der Waals surface area contributed by atoms with Crippen LogP contribution in [0.1, 0.15) is 25.8 Å². The first kappa shape index (κ1) is 16.1. The van der Waals surface area contributed by atoms with Crippen molar-refractivity contribution in [2.75, 3.05) is 5.32 Å². The van der Waals surface area contributed by atoms with E-state index in [0.717, 1.165) is 12.8 Å². The smallest absolute Gasteiger partial charge is 0.325 e. The lowest BCUT2D eigenvalue weighted by Gasteiger charge is -2.12. The Morgan fingerprint density at radius 3 is 2.96 bits per heavy atom. The maximum atomic E-state index is 13.1. The highest BCUT2D eigenvalue weighted by atomic mass is 35.5. The van der Waals surface area contributed by atoms with Gasteiger partial charge in [0.05, 0.1) is 10.3 Å². The third-order valence-corrected chi connectivity index (χ3v) is 4.78. The lowest BCUT2D eigenvalue weighted by atomic mass is 10.3. The van der Waals surface area contributed by atoms with Crippen molar-refractivity contribution < 1.29 is 9.18 Å². The number of rotatable bonds is 5. The number of thioether (sulfide) groups is 1. The molecule has 1 aromatic heterocycles. The Hall–Kier alpha value is -1.80. The summed E-state index contributed by atoms with van der Waals surface area (Å²) in [4.78, 5) is 23.9. The minimum Gasteiger partial charge on any atom is -0.325 e. The molecule has 0 unspecified atom stereocenters. The number of hydrogen-bond acceptors (Lipinski definition) is 4. The number of benzene rings is 1. The number of carbonyl (C=O) groups excluding carboxylic acids is 1. The van der Waals surface area contributed by atoms with Crippen LogP contribution in [0, 0.1) is 5.82 Å². The van der Waals surface area contributed by atoms with Crippen LogP contribution in [0.15, 0.2) is 28.2 Å². The molecule has 1 amide bonds. The quantitative estimate of drug-likeness (QED) is 0.807. The summed E-state index contributed by atoms with van der Waals surface area (Å²) in [6.07, 6.45) is 1.89. The first-order chi connectivity index (χ1) is 11.0. The number of hydrogen-bond donors (Lipinski definition) is 2. The molecule has 1 saturated carbocycles. The number of halogens is 2. The van der Waals surface area contributed by atoms with Gasteiger partial charge in [0.1, 0.15) is 5.82 Å². The molecule has 3 rings (SSSR count). The maximum absolute atomic E-state index is 13.1. The molecular weight excluding hydrogens is 343 g/mol. The van der Waals surface area contributed by atoms with Gasteiger partial charge in [-0.25, -0.2) is 14.3 Å². The van der Waals surface area contributed by atoms with Gasteiger partial charge in [-0.2, -0.15) is 0 Å². The number of aromatic nitrogens is 3. The number of nitrogens with one attached hydrogen (secondary N) is 2. The SMILES string of the molecule is C[C@H](Sc1n[nH]c(=O)n1C1CC1)C(=O)Nc1ccc(F)c(Cl)c1. The van der Waals surface area contributed by atoms with E-state index in [0.29, 0.717) is 10.8 Å². The Kier molecular flexibility index (Phi) is 4.45. The Labute approximate surface area is 140 Å². The Bertz CT molecular complexity index is 802. The predicted octanol–water partition coefficient (Wildman–Crippen LogP) is 2.82. The van der Waals surface area contributed by atoms with Crippen LogP contribution in [0.2, 0.25) is 5.02 Å². The summed E-state index contributed by atoms with van der Waals surface area (Å²) >= 11 is 6.88. The molecule has 9 heteroatoms. The third-order valence-electron chi connectivity index (χ3n) is 3.42. The van der Waals surface area contributed by atoms with Crippen molar-refractivity contribution >= 4 is 35.0 Å². The van der Waals surface area contributed by atoms with E-state index in [-0.39, 0.29) is 22.7 Å². The largest absolute Gasteiger partial charge is 0.344 e. The first-order valence-electron chi connectivity index (χ1n) is 7.05. The van der Waals surface area contributed by atoms with Crippen molar-refractivity contribution in [1.29, 1.82) is 0 Å². The van der Waals surface area contributed by atoms with E-state index >= 15 is 0 Å². The number of anilines is 1. The Morgan fingerprint density at radius 2 is 2.30 bits per heavy atom. The zero-order chi connectivity index (χ0) is 16.6. The molecule has 1 atom stereocenters. The van der Waals surface area contributed by atoms with Crippen LogP contribution < -0.4 is 11.0 Å². The molecule has 2 aromatic rings. The molecule has 6 nitrogen and oxygen atoms in total. The highest BCUT2D eigenvalue weighted by Gasteiger charge is 2.30. The fourth-order valence-corrected chi connectivity index (χ4v) is 3.16. The molecule has 1 heterocycles. The summed E-state index contributed by atoms with van der Waals surface area (Å²) in [7, 11) is 0. The van der Waals surface area contributed by atoms with Crippen molar-refractivity contribution in [3.63, 3.8) is 0 Å². The van der Waals surface area contributed by atoms with Crippen LogP contribution in [0.25, 0.3) is 0 Å². The molecule has 0 saturated heterocycles. The molecule has 2 N–H and O–H groups in total. The second kappa shape index (κ2) is 6.37. The van der Waals surface area contributed by atoms with Gasteiger partial charge in [0.2, 0.25) is 5.91 Å². The van der Waals surface area contributed by atoms with Crippen LogP contribution in [0.5, 0.6) is 0 Å². The summed E-state index contributed by atoms with van der Waals surface area (Å²) in [5.74, 6) is -0.826. The van der Waals surface area contributed by atoms with Gasteiger partial charge in [-0.05, 0) is 38.0 Å². The Balaban J connectivity index is 1.68. The van der Waals surface area contributed by atoms with E-state index in [9.17, 15) is 14.0 Å². The topological polar surface area (TPSA) is 79.8 Å². The predicted molar refractivity (Wildman–Crippen MR) is 86.5 cm³/mol. The van der Waals surface area contributed by atoms with E-state index < -0.39 is 11.1 Å². The minimum atomic E-state index is -0.544. The van der Waals surface area contributed by atoms with E-state index in [1.807, 2.05) is 0 Å². The summed E-state index contributed by atoms with van der Waals surface area (Å²) in [6, 6.07) is 4.15. The van der Waals surface area contributed by atoms with Crippen molar-refractivity contribution in [1.82, 2.24) is 14.8 Å². The molecule has 122 valence electrons. The van der Waals surface area contributed by atoms with Crippen molar-refractivity contribution in [2.24, 2.45) is 0 Å². The first-order valence-corrected chi connectivity index (χ1v) is 8.31. The van der Waals surface area contributed by atoms with Crippen LogP contribution in [-0.4, -0.2) is 25.9 Å². The standard InChI is InChI=1S/C14H14ClFN4O2S/c1-7(12(21)17-8-2-5-11(16)10(15)6-8)23-14-19-18-13(22)20(14)9-3-4-9/h2,5-7,9H,3-4H2,1H3,(H,17,21)(H,18,22)/t7-/m0/s1. The van der Waals surface area contributed by atoms with Gasteiger partial charge in [0.15, 0.2) is 5.16 Å². The molecule has 0 spiro atoms. The zero-order valence-corrected chi connectivity index (χ0v) is 13.7. The van der Waals surface area contributed by atoms with Crippen molar-refractivity contribution in [2.45, 2.75) is 36.2 Å². The summed E-state index contributed by atoms with van der Waals surface area (Å²) in [6.45, 7) is 1.71. The number of carbonyl (C=O) groups is 1. The average Bonchev–Trinajstić information content (AvgIpc) is 3.27. The number of H-pyrrole nitrogens is 1. The van der Waals surface area contributed by atoms with E-state index in [1.54, 1.807) is 11.5 Å². The second-order valence-electron chi connectivity index (χ2n) is 5.29. The summed E-state index contributed by atoms with van der Waals surface area (Å²) in [5, 5.41) is 9.01. The summed E-state index contributed by atoms with van der Waals surface area (Å²) < 4.78 is 14.7. The minimum absolute atomic E-state index is 0.0574. The fourth-order valence-electron chi connectivity index (χ4n) is 2.06. The second-order valence-corrected chi connectivity index (χ2v) is 7.01. The molecule has 1 aromatic carbocycles. The van der Waals surface area contributed by atoms with E-state index in [2.05, 4.69) is 15.5 Å². The van der Waals surface area contributed by atoms with E-state index in [4.69, 9.17) is 11.6 Å². The molecule has 1 aliphatic carbocycles.